The maximum atomic E-state index is 12.1. The zero-order chi connectivity index (χ0) is 41.8. The summed E-state index contributed by atoms with van der Waals surface area (Å²) in [4.78, 5) is 23.1. The molecule has 0 aliphatic rings. The molecule has 0 aliphatic carbocycles. The van der Waals surface area contributed by atoms with Gasteiger partial charge in [0.05, 0.1) is 68.9 Å². The first-order valence-electron chi connectivity index (χ1n) is 16.5. The number of alkyl halides is 3. The molecule has 56 heavy (non-hydrogen) atoms. The minimum absolute atomic E-state index is 0. The van der Waals surface area contributed by atoms with Gasteiger partial charge in [-0.1, -0.05) is 90.8 Å². The zero-order valence-corrected chi connectivity index (χ0v) is 34.6. The molecule has 2 unspecified atom stereocenters. The number of aliphatic carboxylic acids is 1. The summed E-state index contributed by atoms with van der Waals surface area (Å²) in [7, 11) is -3.34. The highest BCUT2D eigenvalue weighted by atomic mass is 35.6. The van der Waals surface area contributed by atoms with Crippen LogP contribution in [0, 0.1) is 0 Å². The number of carbonyl (C=O) groups excluding carboxylic acids is 1. The van der Waals surface area contributed by atoms with Gasteiger partial charge in [-0.3, -0.25) is 9.59 Å². The van der Waals surface area contributed by atoms with Gasteiger partial charge in [0.1, 0.15) is 18.1 Å². The number of hydrogen-bond acceptors (Lipinski definition) is 12. The van der Waals surface area contributed by atoms with Gasteiger partial charge in [-0.05, 0) is 70.8 Å². The highest BCUT2D eigenvalue weighted by molar-refractivity contribution is 7.91. The molecule has 0 spiro atoms. The Hall–Kier alpha value is -3.41. The summed E-state index contributed by atoms with van der Waals surface area (Å²) in [6.07, 6.45) is 0. The fourth-order valence-corrected chi connectivity index (χ4v) is 6.15. The first-order chi connectivity index (χ1) is 25.8. The van der Waals surface area contributed by atoms with Crippen molar-refractivity contribution < 1.29 is 61.1 Å². The van der Waals surface area contributed by atoms with Gasteiger partial charge in [0, 0.05) is 0 Å². The molecule has 0 bridgehead atoms. The largest absolute Gasteiger partial charge is 0.497 e. The van der Waals surface area contributed by atoms with E-state index in [0.29, 0.717) is 0 Å². The Kier molecular flexibility index (Phi) is 24.9. The van der Waals surface area contributed by atoms with Crippen LogP contribution < -0.4 is 9.47 Å². The van der Waals surface area contributed by atoms with Gasteiger partial charge in [0.2, 0.25) is 0 Å². The summed E-state index contributed by atoms with van der Waals surface area (Å²) in [6, 6.07) is 22.8. The van der Waals surface area contributed by atoms with Crippen LogP contribution in [-0.2, 0) is 34.0 Å². The lowest BCUT2D eigenvalue weighted by atomic mass is 9.98. The molecule has 0 saturated carbocycles. The Morgan fingerprint density at radius 1 is 0.607 bits per heavy atom. The molecule has 4 N–H and O–H groups in total. The number of carbonyl (C=O) groups is 2. The molecule has 2 atom stereocenters. The van der Waals surface area contributed by atoms with Crippen LogP contribution in [0.2, 0.25) is 0 Å². The van der Waals surface area contributed by atoms with Crippen molar-refractivity contribution >= 4 is 88.0 Å². The van der Waals surface area contributed by atoms with E-state index in [1.165, 1.54) is 0 Å². The van der Waals surface area contributed by atoms with E-state index in [1.54, 1.807) is 28.1 Å². The minimum Gasteiger partial charge on any atom is -0.497 e. The van der Waals surface area contributed by atoms with Gasteiger partial charge < -0.3 is 34.6 Å². The molecule has 314 valence electrons. The lowest BCUT2D eigenvalue weighted by Crippen LogP contribution is -2.21. The van der Waals surface area contributed by atoms with E-state index in [9.17, 15) is 26.4 Å². The monoisotopic (exact) mass is 884 g/mol. The number of benzene rings is 4. The van der Waals surface area contributed by atoms with Crippen LogP contribution in [0.3, 0.4) is 0 Å². The number of halogens is 3. The van der Waals surface area contributed by atoms with E-state index in [-0.39, 0.29) is 50.3 Å². The number of methoxy groups -OCH3 is 2. The summed E-state index contributed by atoms with van der Waals surface area (Å²) >= 11 is 14.4. The summed E-state index contributed by atoms with van der Waals surface area (Å²) in [5, 5.41) is 38.0. The molecule has 4 aromatic rings. The number of carboxylic acid groups (broad SMARTS) is 1. The summed E-state index contributed by atoms with van der Waals surface area (Å²) in [6.45, 7) is 2.01. The normalized spacial score (nSPS) is 12.0. The molecule has 0 radical (unpaired) electrons. The molecule has 18 heteroatoms. The molecular weight excluding hydrogens is 835 g/mol. The van der Waals surface area contributed by atoms with Gasteiger partial charge in [-0.25, -0.2) is 16.8 Å². The van der Waals surface area contributed by atoms with Crippen molar-refractivity contribution in [2.24, 2.45) is 0 Å². The van der Waals surface area contributed by atoms with Crippen LogP contribution in [0.15, 0.2) is 72.8 Å². The Balaban J connectivity index is 0.000000840. The average Bonchev–Trinajstić information content (AvgIpc) is 3.13. The SMILES string of the molecule is C.COc1ccc2cc(C(C)C(=O)O)ccc2c1.COc1ccc2cc(C(C)C(=O)OCCS(=O)(=O)CCO)ccc2c1.ClC(Cl)Cl.O=S(=O)(CCO)CCO. The Morgan fingerprint density at radius 2 is 0.946 bits per heavy atom. The number of rotatable bonds is 15. The maximum Gasteiger partial charge on any atom is 0.313 e. The molecule has 0 saturated heterocycles. The molecule has 4 aromatic carbocycles. The quantitative estimate of drug-likeness (QED) is 0.0805. The zero-order valence-electron chi connectivity index (χ0n) is 30.7. The first-order valence-corrected chi connectivity index (χ1v) is 21.5. The number of aliphatic hydroxyl groups is 3. The maximum absolute atomic E-state index is 12.1. The molecular formula is C38H51Cl3O13S2. The third kappa shape index (κ3) is 19.6. The van der Waals surface area contributed by atoms with E-state index in [1.807, 2.05) is 72.8 Å². The van der Waals surface area contributed by atoms with E-state index in [0.717, 1.165) is 44.2 Å². The lowest BCUT2D eigenvalue weighted by Gasteiger charge is -2.13. The van der Waals surface area contributed by atoms with E-state index >= 15 is 0 Å². The molecule has 0 aromatic heterocycles. The van der Waals surface area contributed by atoms with Crippen molar-refractivity contribution in [3.05, 3.63) is 83.9 Å². The second-order valence-corrected chi connectivity index (χ2v) is 18.2. The number of fused-ring (bicyclic) bond motifs is 2. The molecule has 13 nitrogen and oxygen atoms in total. The minimum atomic E-state index is -3.39. The standard InChI is InChI=1S/C18H22O6S.C14H14O3.C4H10O4S.CHCl3.CH4/c1-13(18(20)24-8-10-25(21,22)9-7-19)14-3-4-16-12-17(23-2)6-5-15(16)11-14;1-9(14(15)16)10-3-4-12-8-13(17-2)6-5-11(12)7-10;5-1-3-9(7,8)4-2-6;2-1(3)4;/h3-6,11-13,19H,7-10H2,1-2H3;3-9H,1-2H3,(H,15,16);5-6H,1-4H2;1H;1H4. The third-order valence-electron chi connectivity index (χ3n) is 7.71. The smallest absolute Gasteiger partial charge is 0.313 e. The van der Waals surface area contributed by atoms with Crippen molar-refractivity contribution in [2.45, 2.75) is 37.4 Å². The van der Waals surface area contributed by atoms with Crippen LogP contribution in [0.5, 0.6) is 11.5 Å². The predicted octanol–water partition coefficient (Wildman–Crippen LogP) is 5.95. The first kappa shape index (κ1) is 52.6. The fourth-order valence-electron chi connectivity index (χ4n) is 4.57. The van der Waals surface area contributed by atoms with E-state index in [4.69, 9.17) is 69.4 Å². The second-order valence-electron chi connectivity index (χ2n) is 11.6. The van der Waals surface area contributed by atoms with E-state index in [2.05, 4.69) is 0 Å². The Labute approximate surface area is 343 Å². The molecule has 0 aliphatic heterocycles. The number of carboxylic acids is 1. The van der Waals surface area contributed by atoms with Gasteiger partial charge >= 0.3 is 11.9 Å². The number of aliphatic hydroxyl groups excluding tert-OH is 3. The van der Waals surface area contributed by atoms with Crippen LogP contribution >= 0.6 is 34.8 Å². The van der Waals surface area contributed by atoms with Crippen molar-refractivity contribution in [1.29, 1.82) is 0 Å². The highest BCUT2D eigenvalue weighted by Gasteiger charge is 2.19. The van der Waals surface area contributed by atoms with Crippen molar-refractivity contribution in [2.75, 3.05) is 63.7 Å². The average molecular weight is 886 g/mol. The van der Waals surface area contributed by atoms with Crippen molar-refractivity contribution in [3.8, 4) is 11.5 Å². The Bertz CT molecular complexity index is 2010. The predicted molar refractivity (Wildman–Crippen MR) is 223 cm³/mol. The van der Waals surface area contributed by atoms with Gasteiger partial charge in [-0.2, -0.15) is 0 Å². The third-order valence-corrected chi connectivity index (χ3v) is 10.9. The molecule has 0 heterocycles. The van der Waals surface area contributed by atoms with E-state index < -0.39 is 54.4 Å². The summed E-state index contributed by atoms with van der Waals surface area (Å²) in [5.74, 6) is -1.84. The van der Waals surface area contributed by atoms with Gasteiger partial charge in [-0.15, -0.1) is 0 Å². The number of hydrogen-bond donors (Lipinski definition) is 4. The number of sulfone groups is 2. The van der Waals surface area contributed by atoms with Crippen LogP contribution in [-0.4, -0.2) is 117 Å². The van der Waals surface area contributed by atoms with Crippen molar-refractivity contribution in [3.63, 3.8) is 0 Å². The van der Waals surface area contributed by atoms with Gasteiger partial charge in [0.15, 0.2) is 24.0 Å². The number of esters is 1. The lowest BCUT2D eigenvalue weighted by molar-refractivity contribution is -0.144. The molecule has 0 amide bonds. The van der Waals surface area contributed by atoms with Gasteiger partial charge in [0.25, 0.3) is 0 Å². The number of ether oxygens (including phenoxy) is 3. The van der Waals surface area contributed by atoms with Crippen LogP contribution in [0.25, 0.3) is 21.5 Å². The summed E-state index contributed by atoms with van der Waals surface area (Å²) < 4.78 is 58.7. The summed E-state index contributed by atoms with van der Waals surface area (Å²) in [5.41, 5.74) is 1.61. The fraction of sp³-hybridized carbons (Fsp3) is 0.421. The molecule has 4 rings (SSSR count). The molecule has 0 fully saturated rings. The Morgan fingerprint density at radius 3 is 1.30 bits per heavy atom. The van der Waals surface area contributed by atoms with Crippen LogP contribution in [0.1, 0.15) is 44.2 Å². The second kappa shape index (κ2) is 26.5. The highest BCUT2D eigenvalue weighted by Crippen LogP contribution is 2.27. The topological polar surface area (TPSA) is 211 Å². The van der Waals surface area contributed by atoms with Crippen molar-refractivity contribution in [1.82, 2.24) is 0 Å². The van der Waals surface area contributed by atoms with Crippen LogP contribution in [0.4, 0.5) is 0 Å².